The van der Waals surface area contributed by atoms with E-state index < -0.39 is 0 Å². The van der Waals surface area contributed by atoms with E-state index in [1.54, 1.807) is 13.4 Å². The molecule has 0 amide bonds. The van der Waals surface area contributed by atoms with Crippen LogP contribution in [0.15, 0.2) is 41.3 Å². The van der Waals surface area contributed by atoms with Gasteiger partial charge in [-0.15, -0.1) is 0 Å². The highest BCUT2D eigenvalue weighted by molar-refractivity contribution is 5.58. The van der Waals surface area contributed by atoms with Crippen molar-refractivity contribution in [2.45, 2.75) is 6.54 Å². The first-order valence-electron chi connectivity index (χ1n) is 6.50. The van der Waals surface area contributed by atoms with E-state index in [4.69, 9.17) is 15.0 Å². The van der Waals surface area contributed by atoms with Gasteiger partial charge in [-0.05, 0) is 24.3 Å². The van der Waals surface area contributed by atoms with Gasteiger partial charge < -0.3 is 19.6 Å². The predicted octanol–water partition coefficient (Wildman–Crippen LogP) is 1.57. The molecule has 0 spiro atoms. The largest absolute Gasteiger partial charge is 0.497 e. The van der Waals surface area contributed by atoms with Gasteiger partial charge in [-0.1, -0.05) is 5.16 Å². The summed E-state index contributed by atoms with van der Waals surface area (Å²) < 4.78 is 12.3. The van der Waals surface area contributed by atoms with Crippen LogP contribution >= 0.6 is 0 Å². The second kappa shape index (κ2) is 5.76. The summed E-state index contributed by atoms with van der Waals surface area (Å²) in [6.45, 7) is 1.25. The second-order valence-corrected chi connectivity index (χ2v) is 4.44. The molecule has 2 N–H and O–H groups in total. The number of methoxy groups -OCH3 is 1. The van der Waals surface area contributed by atoms with Gasteiger partial charge in [0.15, 0.2) is 0 Å². The molecule has 7 heteroatoms. The smallest absolute Gasteiger partial charge is 0.278 e. The molecule has 21 heavy (non-hydrogen) atoms. The van der Waals surface area contributed by atoms with Crippen molar-refractivity contribution in [2.75, 3.05) is 13.7 Å². The maximum Gasteiger partial charge on any atom is 0.278 e. The first-order chi connectivity index (χ1) is 10.3. The summed E-state index contributed by atoms with van der Waals surface area (Å²) in [4.78, 5) is 8.58. The Balaban J connectivity index is 1.84. The fourth-order valence-electron chi connectivity index (χ4n) is 1.93. The zero-order valence-electron chi connectivity index (χ0n) is 11.6. The highest BCUT2D eigenvalue weighted by atomic mass is 16.5. The molecular formula is C14H15N5O2. The molecule has 0 saturated heterocycles. The lowest BCUT2D eigenvalue weighted by atomic mass is 10.2. The Morgan fingerprint density at radius 1 is 1.29 bits per heavy atom. The standard InChI is InChI=1S/C14H15N5O2/c1-20-11-4-2-10(3-5-11)13-17-14(21-18-13)12-8-19(7-6-15)9-16-12/h2-5,8-9H,6-7,15H2,1H3. The van der Waals surface area contributed by atoms with Crippen LogP contribution in [0.1, 0.15) is 0 Å². The molecule has 1 aromatic carbocycles. The van der Waals surface area contributed by atoms with Crippen molar-refractivity contribution < 1.29 is 9.26 Å². The number of hydrogen-bond acceptors (Lipinski definition) is 6. The third-order valence-corrected chi connectivity index (χ3v) is 3.01. The van der Waals surface area contributed by atoms with Gasteiger partial charge in [0.25, 0.3) is 5.89 Å². The maximum atomic E-state index is 5.50. The Morgan fingerprint density at radius 3 is 2.81 bits per heavy atom. The summed E-state index contributed by atoms with van der Waals surface area (Å²) in [6.07, 6.45) is 3.53. The number of aromatic nitrogens is 4. The number of hydrogen-bond donors (Lipinski definition) is 1. The van der Waals surface area contributed by atoms with Crippen LogP contribution < -0.4 is 10.5 Å². The molecule has 0 aliphatic rings. The van der Waals surface area contributed by atoms with E-state index in [0.29, 0.717) is 30.5 Å². The summed E-state index contributed by atoms with van der Waals surface area (Å²) in [5.74, 6) is 1.68. The Labute approximate surface area is 121 Å². The molecule has 0 aliphatic carbocycles. The molecule has 2 aromatic heterocycles. The molecule has 3 aromatic rings. The number of nitrogens with two attached hydrogens (primary N) is 1. The van der Waals surface area contributed by atoms with Crippen LogP contribution in [0.5, 0.6) is 5.75 Å². The molecule has 0 unspecified atom stereocenters. The molecule has 0 aliphatic heterocycles. The minimum atomic E-state index is 0.386. The quantitative estimate of drug-likeness (QED) is 0.765. The van der Waals surface area contributed by atoms with Gasteiger partial charge in [-0.25, -0.2) is 4.98 Å². The Kier molecular flexibility index (Phi) is 3.65. The van der Waals surface area contributed by atoms with E-state index in [-0.39, 0.29) is 0 Å². The molecule has 0 radical (unpaired) electrons. The van der Waals surface area contributed by atoms with E-state index >= 15 is 0 Å². The van der Waals surface area contributed by atoms with E-state index in [9.17, 15) is 0 Å². The maximum absolute atomic E-state index is 5.50. The Morgan fingerprint density at radius 2 is 2.10 bits per heavy atom. The molecule has 108 valence electrons. The minimum Gasteiger partial charge on any atom is -0.497 e. The molecule has 0 fully saturated rings. The van der Waals surface area contributed by atoms with Crippen LogP contribution in [-0.2, 0) is 6.54 Å². The van der Waals surface area contributed by atoms with Gasteiger partial charge in [0.2, 0.25) is 5.82 Å². The first-order valence-corrected chi connectivity index (χ1v) is 6.50. The lowest BCUT2D eigenvalue weighted by Crippen LogP contribution is -2.07. The molecular weight excluding hydrogens is 270 g/mol. The summed E-state index contributed by atoms with van der Waals surface area (Å²) in [7, 11) is 1.62. The molecule has 0 bridgehead atoms. The van der Waals surface area contributed by atoms with Crippen LogP contribution in [0.3, 0.4) is 0 Å². The van der Waals surface area contributed by atoms with Crippen molar-refractivity contribution in [1.29, 1.82) is 0 Å². The highest BCUT2D eigenvalue weighted by Gasteiger charge is 2.13. The van der Waals surface area contributed by atoms with Gasteiger partial charge >= 0.3 is 0 Å². The molecule has 3 rings (SSSR count). The van der Waals surface area contributed by atoms with E-state index in [0.717, 1.165) is 11.3 Å². The topological polar surface area (TPSA) is 92.0 Å². The molecule has 0 atom stereocenters. The molecule has 7 nitrogen and oxygen atoms in total. The number of rotatable bonds is 5. The van der Waals surface area contributed by atoms with Gasteiger partial charge in [0, 0.05) is 24.8 Å². The van der Waals surface area contributed by atoms with E-state index in [2.05, 4.69) is 15.1 Å². The average molecular weight is 285 g/mol. The molecule has 2 heterocycles. The number of imidazole rings is 1. The normalized spacial score (nSPS) is 10.8. The highest BCUT2D eigenvalue weighted by Crippen LogP contribution is 2.22. The fourth-order valence-corrected chi connectivity index (χ4v) is 1.93. The Hall–Kier alpha value is -2.67. The average Bonchev–Trinajstić information content (AvgIpc) is 3.16. The van der Waals surface area contributed by atoms with Gasteiger partial charge in [0.05, 0.1) is 13.4 Å². The van der Waals surface area contributed by atoms with Crippen molar-refractivity contribution >= 4 is 0 Å². The predicted molar refractivity (Wildman–Crippen MR) is 76.6 cm³/mol. The SMILES string of the molecule is COc1ccc(-c2noc(-c3cn(CCN)cn3)n2)cc1. The minimum absolute atomic E-state index is 0.386. The number of benzene rings is 1. The van der Waals surface area contributed by atoms with Crippen LogP contribution in [-0.4, -0.2) is 33.3 Å². The van der Waals surface area contributed by atoms with Gasteiger partial charge in [-0.2, -0.15) is 4.98 Å². The van der Waals surface area contributed by atoms with Crippen LogP contribution in [0, 0.1) is 0 Å². The van der Waals surface area contributed by atoms with Gasteiger partial charge in [0.1, 0.15) is 11.4 Å². The second-order valence-electron chi connectivity index (χ2n) is 4.44. The van der Waals surface area contributed by atoms with Crippen molar-refractivity contribution in [2.24, 2.45) is 5.73 Å². The van der Waals surface area contributed by atoms with Crippen molar-refractivity contribution in [3.63, 3.8) is 0 Å². The lowest BCUT2D eigenvalue weighted by molar-refractivity contribution is 0.414. The van der Waals surface area contributed by atoms with Crippen LogP contribution in [0.25, 0.3) is 23.0 Å². The zero-order valence-corrected chi connectivity index (χ0v) is 11.6. The van der Waals surface area contributed by atoms with Crippen LogP contribution in [0.4, 0.5) is 0 Å². The van der Waals surface area contributed by atoms with Gasteiger partial charge in [-0.3, -0.25) is 0 Å². The third kappa shape index (κ3) is 2.77. The summed E-state index contributed by atoms with van der Waals surface area (Å²) in [5, 5.41) is 3.97. The number of nitrogens with zero attached hydrogens (tertiary/aromatic N) is 4. The monoisotopic (exact) mass is 285 g/mol. The van der Waals surface area contributed by atoms with Crippen molar-refractivity contribution in [3.8, 4) is 28.7 Å². The number of ether oxygens (including phenoxy) is 1. The Bertz CT molecular complexity index is 717. The third-order valence-electron chi connectivity index (χ3n) is 3.01. The molecule has 0 saturated carbocycles. The fraction of sp³-hybridized carbons (Fsp3) is 0.214. The van der Waals surface area contributed by atoms with Crippen molar-refractivity contribution in [3.05, 3.63) is 36.8 Å². The van der Waals surface area contributed by atoms with Crippen LogP contribution in [0.2, 0.25) is 0 Å². The summed E-state index contributed by atoms with van der Waals surface area (Å²) in [5.41, 5.74) is 6.99. The summed E-state index contributed by atoms with van der Waals surface area (Å²) in [6, 6.07) is 7.45. The first kappa shape index (κ1) is 13.3. The van der Waals surface area contributed by atoms with E-state index in [1.807, 2.05) is 35.0 Å². The van der Waals surface area contributed by atoms with Crippen molar-refractivity contribution in [1.82, 2.24) is 19.7 Å². The summed E-state index contributed by atoms with van der Waals surface area (Å²) >= 11 is 0. The lowest BCUT2D eigenvalue weighted by Gasteiger charge is -1.98. The zero-order chi connectivity index (χ0) is 14.7. The van der Waals surface area contributed by atoms with E-state index in [1.165, 1.54) is 0 Å².